The molecule has 0 spiro atoms. The first-order valence-electron chi connectivity index (χ1n) is 10.8. The minimum absolute atomic E-state index is 0.00140. The maximum Gasteiger partial charge on any atom is 0.237 e. The van der Waals surface area contributed by atoms with Crippen LogP contribution in [0.1, 0.15) is 36.3 Å². The highest BCUT2D eigenvalue weighted by atomic mass is 16.2. The average molecular weight is 415 g/mol. The van der Waals surface area contributed by atoms with Gasteiger partial charge in [-0.25, -0.2) is 5.43 Å². The van der Waals surface area contributed by atoms with Crippen LogP contribution in [0.4, 0.5) is 0 Å². The highest BCUT2D eigenvalue weighted by Crippen LogP contribution is 2.45. The van der Waals surface area contributed by atoms with Gasteiger partial charge in [-0.3, -0.25) is 14.9 Å². The molecule has 1 saturated heterocycles. The zero-order chi connectivity index (χ0) is 21.5. The standard InChI is InChI=1S/C24H26N6O/c1-30-23(19-9-15-5-3-2-4-14(15)8-17(19)11-25)21(13-27-30)16-6-7-18-20(10-16)22(12-26)28-29-24(18)31/h2-5,8-9,13,16,18,20,22,28H,6-7,10,12,26H2,1H3,(H,29,31). The number of carbonyl (C=O) groups excluding carboxylic acids is 1. The van der Waals surface area contributed by atoms with Gasteiger partial charge in [0.1, 0.15) is 0 Å². The van der Waals surface area contributed by atoms with Crippen molar-refractivity contribution in [3.8, 4) is 17.3 Å². The van der Waals surface area contributed by atoms with Crippen LogP contribution < -0.4 is 16.6 Å². The predicted molar refractivity (Wildman–Crippen MR) is 119 cm³/mol. The number of nitriles is 1. The van der Waals surface area contributed by atoms with E-state index in [1.165, 1.54) is 0 Å². The van der Waals surface area contributed by atoms with E-state index in [0.29, 0.717) is 12.1 Å². The molecule has 4 unspecified atom stereocenters. The van der Waals surface area contributed by atoms with Crippen LogP contribution in [0.25, 0.3) is 22.0 Å². The number of hydrogen-bond acceptors (Lipinski definition) is 5. The lowest BCUT2D eigenvalue weighted by Gasteiger charge is -2.43. The van der Waals surface area contributed by atoms with Crippen LogP contribution in [0.2, 0.25) is 0 Å². The number of carbonyl (C=O) groups is 1. The molecule has 0 radical (unpaired) electrons. The normalized spacial score (nSPS) is 25.6. The first kappa shape index (κ1) is 19.7. The number of fused-ring (bicyclic) bond motifs is 2. The van der Waals surface area contributed by atoms with Crippen LogP contribution in [0, 0.1) is 23.2 Å². The number of hydrazine groups is 1. The van der Waals surface area contributed by atoms with Gasteiger partial charge < -0.3 is 5.73 Å². The van der Waals surface area contributed by atoms with Crippen molar-refractivity contribution in [3.05, 3.63) is 53.7 Å². The Balaban J connectivity index is 1.56. The summed E-state index contributed by atoms with van der Waals surface area (Å²) in [5, 5.41) is 16.6. The van der Waals surface area contributed by atoms with E-state index in [1.54, 1.807) is 0 Å². The second-order valence-corrected chi connectivity index (χ2v) is 8.68. The fraction of sp³-hybridized carbons (Fsp3) is 0.375. The van der Waals surface area contributed by atoms with Gasteiger partial charge in [0.05, 0.1) is 23.5 Å². The van der Waals surface area contributed by atoms with Gasteiger partial charge in [0.15, 0.2) is 0 Å². The molecule has 31 heavy (non-hydrogen) atoms. The van der Waals surface area contributed by atoms with E-state index >= 15 is 0 Å². The van der Waals surface area contributed by atoms with Gasteiger partial charge in [-0.15, -0.1) is 0 Å². The van der Waals surface area contributed by atoms with Crippen molar-refractivity contribution in [2.24, 2.45) is 24.6 Å². The van der Waals surface area contributed by atoms with E-state index < -0.39 is 0 Å². The van der Waals surface area contributed by atoms with Crippen molar-refractivity contribution >= 4 is 16.7 Å². The first-order valence-corrected chi connectivity index (χ1v) is 10.8. The SMILES string of the molecule is Cn1ncc(C2CCC3C(=O)NNC(CN)C3C2)c1-c1cc2ccccc2cc1C#N. The van der Waals surface area contributed by atoms with Crippen molar-refractivity contribution in [2.75, 3.05) is 6.54 Å². The summed E-state index contributed by atoms with van der Waals surface area (Å²) < 4.78 is 1.87. The van der Waals surface area contributed by atoms with Gasteiger partial charge in [0.25, 0.3) is 0 Å². The third-order valence-electron chi connectivity index (χ3n) is 7.06. The Morgan fingerprint density at radius 3 is 2.77 bits per heavy atom. The molecular formula is C24H26N6O. The quantitative estimate of drug-likeness (QED) is 0.610. The summed E-state index contributed by atoms with van der Waals surface area (Å²) in [5.74, 6) is 0.532. The molecule has 4 atom stereocenters. The average Bonchev–Trinajstić information content (AvgIpc) is 3.19. The Bertz CT molecular complexity index is 1190. The molecule has 158 valence electrons. The smallest absolute Gasteiger partial charge is 0.237 e. The fourth-order valence-electron chi connectivity index (χ4n) is 5.47. The zero-order valence-corrected chi connectivity index (χ0v) is 17.5. The van der Waals surface area contributed by atoms with Crippen LogP contribution in [-0.2, 0) is 11.8 Å². The lowest BCUT2D eigenvalue weighted by atomic mass is 9.68. The van der Waals surface area contributed by atoms with E-state index in [2.05, 4.69) is 34.2 Å². The van der Waals surface area contributed by atoms with E-state index in [-0.39, 0.29) is 29.7 Å². The van der Waals surface area contributed by atoms with Crippen LogP contribution in [-0.4, -0.2) is 28.3 Å². The van der Waals surface area contributed by atoms with Crippen LogP contribution in [0.15, 0.2) is 42.6 Å². The third-order valence-corrected chi connectivity index (χ3v) is 7.06. The van der Waals surface area contributed by atoms with Crippen molar-refractivity contribution in [3.63, 3.8) is 0 Å². The summed E-state index contributed by atoms with van der Waals surface area (Å²) in [6.45, 7) is 0.483. The minimum Gasteiger partial charge on any atom is -0.329 e. The van der Waals surface area contributed by atoms with Gasteiger partial charge in [-0.05, 0) is 54.0 Å². The number of aryl methyl sites for hydroxylation is 1. The molecule has 4 N–H and O–H groups in total. The summed E-state index contributed by atoms with van der Waals surface area (Å²) >= 11 is 0. The van der Waals surface area contributed by atoms with Gasteiger partial charge in [0.2, 0.25) is 5.91 Å². The molecule has 1 aliphatic heterocycles. The van der Waals surface area contributed by atoms with Crippen LogP contribution in [0.3, 0.4) is 0 Å². The predicted octanol–water partition coefficient (Wildman–Crippen LogP) is 2.57. The summed E-state index contributed by atoms with van der Waals surface area (Å²) in [6.07, 6.45) is 4.56. The van der Waals surface area contributed by atoms with Crippen LogP contribution >= 0.6 is 0 Å². The molecule has 1 saturated carbocycles. The highest BCUT2D eigenvalue weighted by molar-refractivity contribution is 5.90. The van der Waals surface area contributed by atoms with Crippen molar-refractivity contribution < 1.29 is 4.79 Å². The Hall–Kier alpha value is -3.21. The van der Waals surface area contributed by atoms with E-state index in [4.69, 9.17) is 5.73 Å². The number of rotatable bonds is 3. The molecule has 2 aromatic carbocycles. The Morgan fingerprint density at radius 2 is 2.03 bits per heavy atom. The maximum atomic E-state index is 12.4. The summed E-state index contributed by atoms with van der Waals surface area (Å²) in [7, 11) is 1.93. The molecule has 3 aromatic rings. The molecule has 2 aliphatic rings. The molecule has 1 aliphatic carbocycles. The van der Waals surface area contributed by atoms with Crippen molar-refractivity contribution in [1.29, 1.82) is 5.26 Å². The fourth-order valence-corrected chi connectivity index (χ4v) is 5.47. The molecule has 1 amide bonds. The second-order valence-electron chi connectivity index (χ2n) is 8.68. The van der Waals surface area contributed by atoms with Gasteiger partial charge >= 0.3 is 0 Å². The number of amides is 1. The molecular weight excluding hydrogens is 388 g/mol. The number of nitrogens with two attached hydrogens (primary N) is 1. The molecule has 2 fully saturated rings. The topological polar surface area (TPSA) is 109 Å². The summed E-state index contributed by atoms with van der Waals surface area (Å²) in [4.78, 5) is 12.4. The summed E-state index contributed by atoms with van der Waals surface area (Å²) in [6, 6.07) is 14.6. The summed E-state index contributed by atoms with van der Waals surface area (Å²) in [5.41, 5.74) is 15.6. The van der Waals surface area contributed by atoms with E-state index in [0.717, 1.165) is 46.9 Å². The lowest BCUT2D eigenvalue weighted by Crippen LogP contribution is -2.62. The van der Waals surface area contributed by atoms with Crippen molar-refractivity contribution in [2.45, 2.75) is 31.2 Å². The van der Waals surface area contributed by atoms with Gasteiger partial charge in [-0.2, -0.15) is 10.4 Å². The number of hydrogen-bond donors (Lipinski definition) is 3. The number of benzene rings is 2. The molecule has 7 nitrogen and oxygen atoms in total. The highest BCUT2D eigenvalue weighted by Gasteiger charge is 2.43. The van der Waals surface area contributed by atoms with E-state index in [9.17, 15) is 10.1 Å². The number of nitrogens with zero attached hydrogens (tertiary/aromatic N) is 3. The minimum atomic E-state index is 0.00140. The monoisotopic (exact) mass is 414 g/mol. The number of nitrogens with one attached hydrogen (secondary N) is 2. The molecule has 2 heterocycles. The van der Waals surface area contributed by atoms with Gasteiger partial charge in [0, 0.05) is 36.7 Å². The molecule has 1 aromatic heterocycles. The largest absolute Gasteiger partial charge is 0.329 e. The van der Waals surface area contributed by atoms with E-state index in [1.807, 2.05) is 42.2 Å². The zero-order valence-electron chi connectivity index (χ0n) is 17.5. The lowest BCUT2D eigenvalue weighted by molar-refractivity contribution is -0.133. The van der Waals surface area contributed by atoms with Gasteiger partial charge in [-0.1, -0.05) is 24.3 Å². The third kappa shape index (κ3) is 3.29. The van der Waals surface area contributed by atoms with Crippen LogP contribution in [0.5, 0.6) is 0 Å². The Labute approximate surface area is 181 Å². The Morgan fingerprint density at radius 1 is 1.26 bits per heavy atom. The second kappa shape index (κ2) is 7.80. The first-order chi connectivity index (χ1) is 15.1. The number of aromatic nitrogens is 2. The molecule has 0 bridgehead atoms. The maximum absolute atomic E-state index is 12.4. The Kier molecular flexibility index (Phi) is 4.97. The molecule has 5 rings (SSSR count). The molecule has 7 heteroatoms. The van der Waals surface area contributed by atoms with Crippen molar-refractivity contribution in [1.82, 2.24) is 20.6 Å².